The van der Waals surface area contributed by atoms with Crippen molar-refractivity contribution in [2.24, 2.45) is 0 Å². The van der Waals surface area contributed by atoms with Crippen LogP contribution in [0.15, 0.2) is 6.20 Å². The molecule has 0 aromatic carbocycles. The molecular formula is C16H24ClN3O. The highest BCUT2D eigenvalue weighted by molar-refractivity contribution is 6.17. The maximum Gasteiger partial charge on any atom is 0.131 e. The van der Waals surface area contributed by atoms with Crippen molar-refractivity contribution in [1.29, 1.82) is 0 Å². The molecule has 1 saturated heterocycles. The first-order valence-corrected chi connectivity index (χ1v) is 8.54. The van der Waals surface area contributed by atoms with Gasteiger partial charge in [0, 0.05) is 12.5 Å². The number of hydrogen-bond donors (Lipinski definition) is 0. The minimum Gasteiger partial charge on any atom is -0.374 e. The van der Waals surface area contributed by atoms with Gasteiger partial charge in [-0.3, -0.25) is 0 Å². The van der Waals surface area contributed by atoms with Crippen LogP contribution in [0.25, 0.3) is 0 Å². The van der Waals surface area contributed by atoms with Crippen LogP contribution in [0.1, 0.15) is 57.0 Å². The molecule has 5 heteroatoms. The Balaban J connectivity index is 1.91. The van der Waals surface area contributed by atoms with Gasteiger partial charge in [-0.15, -0.1) is 11.6 Å². The van der Waals surface area contributed by atoms with Gasteiger partial charge in [-0.25, -0.2) is 9.97 Å². The van der Waals surface area contributed by atoms with Crippen LogP contribution in [0, 0.1) is 0 Å². The summed E-state index contributed by atoms with van der Waals surface area (Å²) in [6, 6.07) is 0.461. The summed E-state index contributed by atoms with van der Waals surface area (Å²) in [5, 5.41) is 0. The number of aromatic nitrogens is 2. The van der Waals surface area contributed by atoms with Gasteiger partial charge >= 0.3 is 0 Å². The highest BCUT2D eigenvalue weighted by Gasteiger charge is 2.35. The molecule has 0 N–H and O–H groups in total. The summed E-state index contributed by atoms with van der Waals surface area (Å²) in [5.41, 5.74) is 2.07. The molecule has 1 saturated carbocycles. The number of rotatable bonds is 3. The Bertz CT molecular complexity index is 492. The second-order valence-corrected chi connectivity index (χ2v) is 6.57. The summed E-state index contributed by atoms with van der Waals surface area (Å²) in [7, 11) is 0. The molecule has 0 amide bonds. The third kappa shape index (κ3) is 3.02. The lowest BCUT2D eigenvalue weighted by molar-refractivity contribution is -0.00877. The standard InChI is InChI=1S/C16H24ClN3O/c1-11(2)16-18-10-14(12(9-17)19-16)20-7-8-21-15-6-4-3-5-13(15)20/h10-11,13,15H,3-9H2,1-2H3. The Labute approximate surface area is 131 Å². The van der Waals surface area contributed by atoms with E-state index >= 15 is 0 Å². The Hall–Kier alpha value is -0.870. The molecule has 3 rings (SSSR count). The molecule has 1 aromatic heterocycles. The lowest BCUT2D eigenvalue weighted by Gasteiger charge is -2.45. The van der Waals surface area contributed by atoms with Crippen LogP contribution < -0.4 is 4.90 Å². The van der Waals surface area contributed by atoms with Crippen molar-refractivity contribution in [3.63, 3.8) is 0 Å². The van der Waals surface area contributed by atoms with Crippen molar-refractivity contribution in [3.05, 3.63) is 17.7 Å². The molecular weight excluding hydrogens is 286 g/mol. The molecule has 0 bridgehead atoms. The van der Waals surface area contributed by atoms with Crippen LogP contribution in [0.2, 0.25) is 0 Å². The summed E-state index contributed by atoms with van der Waals surface area (Å²) in [4.78, 5) is 11.7. The molecule has 2 fully saturated rings. The van der Waals surface area contributed by atoms with E-state index < -0.39 is 0 Å². The molecule has 1 aromatic rings. The zero-order chi connectivity index (χ0) is 14.8. The van der Waals surface area contributed by atoms with Gasteiger partial charge in [0.25, 0.3) is 0 Å². The molecule has 0 spiro atoms. The van der Waals surface area contributed by atoms with Gasteiger partial charge in [0.2, 0.25) is 0 Å². The van der Waals surface area contributed by atoms with Gasteiger partial charge in [0.1, 0.15) is 5.82 Å². The summed E-state index contributed by atoms with van der Waals surface area (Å²) in [6.45, 7) is 5.92. The van der Waals surface area contributed by atoms with Crippen LogP contribution in [-0.2, 0) is 10.6 Å². The average Bonchev–Trinajstić information content (AvgIpc) is 2.53. The van der Waals surface area contributed by atoms with Gasteiger partial charge in [-0.2, -0.15) is 0 Å². The monoisotopic (exact) mass is 309 g/mol. The third-order valence-electron chi connectivity index (χ3n) is 4.55. The minimum atomic E-state index is 0.327. The van der Waals surface area contributed by atoms with Crippen LogP contribution in [0.4, 0.5) is 5.69 Å². The second kappa shape index (κ2) is 6.49. The normalized spacial score (nSPS) is 26.0. The first-order chi connectivity index (χ1) is 10.2. The number of nitrogens with zero attached hydrogens (tertiary/aromatic N) is 3. The SMILES string of the molecule is CC(C)c1ncc(N2CCOC3CCCCC32)c(CCl)n1. The quantitative estimate of drug-likeness (QED) is 0.801. The number of anilines is 1. The van der Waals surface area contributed by atoms with Crippen molar-refractivity contribution in [2.45, 2.75) is 63.5 Å². The van der Waals surface area contributed by atoms with E-state index in [4.69, 9.17) is 16.3 Å². The molecule has 116 valence electrons. The van der Waals surface area contributed by atoms with Crippen LogP contribution in [0.3, 0.4) is 0 Å². The van der Waals surface area contributed by atoms with E-state index in [1.54, 1.807) is 0 Å². The molecule has 4 nitrogen and oxygen atoms in total. The number of hydrogen-bond acceptors (Lipinski definition) is 4. The number of fused-ring (bicyclic) bond motifs is 1. The van der Waals surface area contributed by atoms with E-state index in [9.17, 15) is 0 Å². The van der Waals surface area contributed by atoms with Crippen molar-refractivity contribution < 1.29 is 4.74 Å². The predicted molar refractivity (Wildman–Crippen MR) is 85.0 cm³/mol. The zero-order valence-corrected chi connectivity index (χ0v) is 13.6. The number of alkyl halides is 1. The first-order valence-electron chi connectivity index (χ1n) is 8.00. The Kier molecular flexibility index (Phi) is 4.65. The third-order valence-corrected chi connectivity index (χ3v) is 4.80. The number of morpholine rings is 1. The molecule has 2 heterocycles. The van der Waals surface area contributed by atoms with Crippen molar-refractivity contribution in [3.8, 4) is 0 Å². The fraction of sp³-hybridized carbons (Fsp3) is 0.750. The fourth-order valence-electron chi connectivity index (χ4n) is 3.44. The number of ether oxygens (including phenoxy) is 1. The van der Waals surface area contributed by atoms with E-state index in [0.29, 0.717) is 23.9 Å². The van der Waals surface area contributed by atoms with E-state index in [1.165, 1.54) is 25.7 Å². The maximum atomic E-state index is 6.15. The Morgan fingerprint density at radius 3 is 2.95 bits per heavy atom. The molecule has 1 aliphatic carbocycles. The summed E-state index contributed by atoms with van der Waals surface area (Å²) >= 11 is 6.15. The van der Waals surface area contributed by atoms with Crippen molar-refractivity contribution in [1.82, 2.24) is 9.97 Å². The summed E-state index contributed by atoms with van der Waals surface area (Å²) < 4.78 is 5.95. The molecule has 21 heavy (non-hydrogen) atoms. The molecule has 2 unspecified atom stereocenters. The van der Waals surface area contributed by atoms with Gasteiger partial charge in [-0.05, 0) is 12.8 Å². The largest absolute Gasteiger partial charge is 0.374 e. The van der Waals surface area contributed by atoms with Crippen LogP contribution in [-0.4, -0.2) is 35.3 Å². The first kappa shape index (κ1) is 15.0. The van der Waals surface area contributed by atoms with Gasteiger partial charge in [-0.1, -0.05) is 26.7 Å². The van der Waals surface area contributed by atoms with Crippen molar-refractivity contribution >= 4 is 17.3 Å². The average molecular weight is 310 g/mol. The Morgan fingerprint density at radius 2 is 2.19 bits per heavy atom. The second-order valence-electron chi connectivity index (χ2n) is 6.30. The highest BCUT2D eigenvalue weighted by Crippen LogP contribution is 2.33. The molecule has 2 atom stereocenters. The summed E-state index contributed by atoms with van der Waals surface area (Å²) in [5.74, 6) is 1.64. The lowest BCUT2D eigenvalue weighted by atomic mass is 9.90. The lowest BCUT2D eigenvalue weighted by Crippen LogP contribution is -2.53. The molecule has 1 aliphatic heterocycles. The van der Waals surface area contributed by atoms with Gasteiger partial charge < -0.3 is 9.64 Å². The topological polar surface area (TPSA) is 38.2 Å². The highest BCUT2D eigenvalue weighted by atomic mass is 35.5. The number of halogens is 1. The van der Waals surface area contributed by atoms with Gasteiger partial charge in [0.15, 0.2) is 0 Å². The predicted octanol–water partition coefficient (Wildman–Crippen LogP) is 3.49. The Morgan fingerprint density at radius 1 is 1.38 bits per heavy atom. The molecule has 0 radical (unpaired) electrons. The van der Waals surface area contributed by atoms with Gasteiger partial charge in [0.05, 0.1) is 42.2 Å². The smallest absolute Gasteiger partial charge is 0.131 e. The van der Waals surface area contributed by atoms with E-state index in [2.05, 4.69) is 28.7 Å². The van der Waals surface area contributed by atoms with E-state index in [0.717, 1.165) is 30.4 Å². The van der Waals surface area contributed by atoms with Crippen molar-refractivity contribution in [2.75, 3.05) is 18.1 Å². The molecule has 2 aliphatic rings. The van der Waals surface area contributed by atoms with Crippen LogP contribution in [0.5, 0.6) is 0 Å². The van der Waals surface area contributed by atoms with E-state index in [-0.39, 0.29) is 0 Å². The fourth-order valence-corrected chi connectivity index (χ4v) is 3.63. The zero-order valence-electron chi connectivity index (χ0n) is 12.9. The summed E-state index contributed by atoms with van der Waals surface area (Å²) in [6.07, 6.45) is 7.25. The maximum absolute atomic E-state index is 6.15. The van der Waals surface area contributed by atoms with E-state index in [1.807, 2.05) is 6.20 Å². The van der Waals surface area contributed by atoms with Crippen LogP contribution >= 0.6 is 11.6 Å². The minimum absolute atomic E-state index is 0.327.